The fourth-order valence-electron chi connectivity index (χ4n) is 2.64. The van der Waals surface area contributed by atoms with Gasteiger partial charge in [-0.05, 0) is 19.1 Å². The van der Waals surface area contributed by atoms with E-state index in [4.69, 9.17) is 5.73 Å². The van der Waals surface area contributed by atoms with Crippen LogP contribution in [0.5, 0.6) is 0 Å². The SMILES string of the molecule is CC(c1n[nH]c(N)n1)N1CCN(c2ccccc2)CC1. The number of aromatic amines is 1. The molecule has 6 nitrogen and oxygen atoms in total. The van der Waals surface area contributed by atoms with Gasteiger partial charge in [-0.25, -0.2) is 5.10 Å². The van der Waals surface area contributed by atoms with Crippen molar-refractivity contribution in [2.24, 2.45) is 0 Å². The number of aromatic nitrogens is 3. The van der Waals surface area contributed by atoms with Crippen LogP contribution in [0.3, 0.4) is 0 Å². The van der Waals surface area contributed by atoms with Gasteiger partial charge in [0.15, 0.2) is 5.82 Å². The van der Waals surface area contributed by atoms with Gasteiger partial charge in [0, 0.05) is 31.9 Å². The number of piperazine rings is 1. The second kappa shape index (κ2) is 5.50. The van der Waals surface area contributed by atoms with Crippen LogP contribution in [0, 0.1) is 0 Å². The van der Waals surface area contributed by atoms with Crippen molar-refractivity contribution >= 4 is 11.6 Å². The molecular formula is C14H20N6. The summed E-state index contributed by atoms with van der Waals surface area (Å²) in [6, 6.07) is 10.7. The first-order chi connectivity index (χ1) is 9.74. The molecule has 0 radical (unpaired) electrons. The van der Waals surface area contributed by atoms with Gasteiger partial charge in [-0.2, -0.15) is 10.1 Å². The topological polar surface area (TPSA) is 74.1 Å². The number of anilines is 2. The highest BCUT2D eigenvalue weighted by Gasteiger charge is 2.24. The number of nitrogen functional groups attached to an aromatic ring is 1. The second-order valence-corrected chi connectivity index (χ2v) is 5.11. The van der Waals surface area contributed by atoms with Crippen molar-refractivity contribution in [3.05, 3.63) is 36.2 Å². The molecule has 0 saturated carbocycles. The first kappa shape index (κ1) is 12.9. The van der Waals surface area contributed by atoms with Crippen LogP contribution in [0.25, 0.3) is 0 Å². The van der Waals surface area contributed by atoms with Crippen molar-refractivity contribution in [2.75, 3.05) is 36.8 Å². The highest BCUT2D eigenvalue weighted by Crippen LogP contribution is 2.21. The summed E-state index contributed by atoms with van der Waals surface area (Å²) in [5, 5.41) is 6.85. The van der Waals surface area contributed by atoms with E-state index in [-0.39, 0.29) is 6.04 Å². The number of nitrogens with two attached hydrogens (primary N) is 1. The normalized spacial score (nSPS) is 18.1. The van der Waals surface area contributed by atoms with E-state index in [1.54, 1.807) is 0 Å². The largest absolute Gasteiger partial charge is 0.369 e. The molecule has 0 spiro atoms. The van der Waals surface area contributed by atoms with Crippen molar-refractivity contribution in [3.8, 4) is 0 Å². The molecule has 0 amide bonds. The van der Waals surface area contributed by atoms with Crippen molar-refractivity contribution in [3.63, 3.8) is 0 Å². The number of para-hydroxylation sites is 1. The molecule has 0 bridgehead atoms. The lowest BCUT2D eigenvalue weighted by Crippen LogP contribution is -2.47. The highest BCUT2D eigenvalue weighted by atomic mass is 15.3. The van der Waals surface area contributed by atoms with Crippen LogP contribution in [0.15, 0.2) is 30.3 Å². The Morgan fingerprint density at radius 1 is 1.15 bits per heavy atom. The minimum Gasteiger partial charge on any atom is -0.369 e. The van der Waals surface area contributed by atoms with Gasteiger partial charge in [-0.15, -0.1) is 0 Å². The van der Waals surface area contributed by atoms with Crippen LogP contribution in [0.2, 0.25) is 0 Å². The van der Waals surface area contributed by atoms with Gasteiger partial charge in [0.1, 0.15) is 0 Å². The molecular weight excluding hydrogens is 252 g/mol. The number of nitrogens with one attached hydrogen (secondary N) is 1. The van der Waals surface area contributed by atoms with E-state index in [9.17, 15) is 0 Å². The smallest absolute Gasteiger partial charge is 0.216 e. The summed E-state index contributed by atoms with van der Waals surface area (Å²) in [5.41, 5.74) is 6.88. The third kappa shape index (κ3) is 2.60. The first-order valence-electron chi connectivity index (χ1n) is 6.96. The number of hydrogen-bond acceptors (Lipinski definition) is 5. The first-order valence-corrected chi connectivity index (χ1v) is 6.96. The Labute approximate surface area is 118 Å². The van der Waals surface area contributed by atoms with Gasteiger partial charge in [0.25, 0.3) is 0 Å². The van der Waals surface area contributed by atoms with E-state index >= 15 is 0 Å². The zero-order chi connectivity index (χ0) is 13.9. The molecule has 3 N–H and O–H groups in total. The minimum atomic E-state index is 0.196. The van der Waals surface area contributed by atoms with Gasteiger partial charge < -0.3 is 10.6 Å². The van der Waals surface area contributed by atoms with Gasteiger partial charge in [0.2, 0.25) is 5.95 Å². The standard InChI is InChI=1S/C14H20N6/c1-11(13-16-14(15)18-17-13)19-7-9-20(10-8-19)12-5-3-2-4-6-12/h2-6,11H,7-10H2,1H3,(H3,15,16,17,18). The number of H-pyrrole nitrogens is 1. The monoisotopic (exact) mass is 272 g/mol. The van der Waals surface area contributed by atoms with Crippen LogP contribution in [-0.4, -0.2) is 46.3 Å². The summed E-state index contributed by atoms with van der Waals surface area (Å²) in [4.78, 5) is 9.02. The van der Waals surface area contributed by atoms with E-state index in [2.05, 4.69) is 62.2 Å². The average Bonchev–Trinajstić information content (AvgIpc) is 2.94. The maximum absolute atomic E-state index is 5.59. The summed E-state index contributed by atoms with van der Waals surface area (Å²) in [6.45, 7) is 6.18. The molecule has 106 valence electrons. The number of hydrogen-bond donors (Lipinski definition) is 2. The zero-order valence-electron chi connectivity index (χ0n) is 11.7. The molecule has 2 aromatic rings. The highest BCUT2D eigenvalue weighted by molar-refractivity contribution is 5.46. The van der Waals surface area contributed by atoms with Gasteiger partial charge >= 0.3 is 0 Å². The van der Waals surface area contributed by atoms with Crippen LogP contribution in [0.1, 0.15) is 18.8 Å². The van der Waals surface area contributed by atoms with Crippen LogP contribution >= 0.6 is 0 Å². The van der Waals surface area contributed by atoms with Crippen molar-refractivity contribution in [1.82, 2.24) is 20.1 Å². The average molecular weight is 272 g/mol. The molecule has 1 unspecified atom stereocenters. The summed E-state index contributed by atoms with van der Waals surface area (Å²) in [7, 11) is 0. The lowest BCUT2D eigenvalue weighted by atomic mass is 10.2. The number of benzene rings is 1. The molecule has 1 saturated heterocycles. The van der Waals surface area contributed by atoms with Gasteiger partial charge in [0.05, 0.1) is 6.04 Å². The lowest BCUT2D eigenvalue weighted by molar-refractivity contribution is 0.192. The molecule has 1 aromatic carbocycles. The van der Waals surface area contributed by atoms with E-state index in [1.807, 2.05) is 0 Å². The summed E-state index contributed by atoms with van der Waals surface area (Å²) in [6.07, 6.45) is 0. The van der Waals surface area contributed by atoms with Gasteiger partial charge in [-0.1, -0.05) is 18.2 Å². The molecule has 1 atom stereocenters. The fourth-order valence-corrected chi connectivity index (χ4v) is 2.64. The quantitative estimate of drug-likeness (QED) is 0.880. The van der Waals surface area contributed by atoms with E-state index in [1.165, 1.54) is 5.69 Å². The number of nitrogens with zero attached hydrogens (tertiary/aromatic N) is 4. The predicted molar refractivity (Wildman–Crippen MR) is 79.4 cm³/mol. The van der Waals surface area contributed by atoms with E-state index in [0.29, 0.717) is 5.95 Å². The molecule has 6 heteroatoms. The molecule has 1 aliphatic heterocycles. The third-order valence-corrected chi connectivity index (χ3v) is 3.88. The lowest BCUT2D eigenvalue weighted by Gasteiger charge is -2.38. The maximum Gasteiger partial charge on any atom is 0.216 e. The van der Waals surface area contributed by atoms with Crippen LogP contribution < -0.4 is 10.6 Å². The summed E-state index contributed by atoms with van der Waals surface area (Å²) < 4.78 is 0. The summed E-state index contributed by atoms with van der Waals surface area (Å²) in [5.74, 6) is 1.16. The second-order valence-electron chi connectivity index (χ2n) is 5.11. The van der Waals surface area contributed by atoms with E-state index < -0.39 is 0 Å². The zero-order valence-corrected chi connectivity index (χ0v) is 11.7. The Morgan fingerprint density at radius 3 is 2.45 bits per heavy atom. The molecule has 0 aliphatic carbocycles. The molecule has 20 heavy (non-hydrogen) atoms. The molecule has 1 aliphatic rings. The van der Waals surface area contributed by atoms with Crippen LogP contribution in [0.4, 0.5) is 11.6 Å². The number of rotatable bonds is 3. The van der Waals surface area contributed by atoms with Crippen molar-refractivity contribution in [2.45, 2.75) is 13.0 Å². The van der Waals surface area contributed by atoms with Crippen molar-refractivity contribution in [1.29, 1.82) is 0 Å². The molecule has 3 rings (SSSR count). The molecule has 1 aromatic heterocycles. The Morgan fingerprint density at radius 2 is 1.85 bits per heavy atom. The third-order valence-electron chi connectivity index (χ3n) is 3.88. The minimum absolute atomic E-state index is 0.196. The van der Waals surface area contributed by atoms with Gasteiger partial charge in [-0.3, -0.25) is 4.90 Å². The Balaban J connectivity index is 1.61. The van der Waals surface area contributed by atoms with E-state index in [0.717, 1.165) is 32.0 Å². The predicted octanol–water partition coefficient (Wildman–Crippen LogP) is 1.27. The maximum atomic E-state index is 5.59. The Bertz CT molecular complexity index is 544. The summed E-state index contributed by atoms with van der Waals surface area (Å²) >= 11 is 0. The van der Waals surface area contributed by atoms with Crippen molar-refractivity contribution < 1.29 is 0 Å². The molecule has 2 heterocycles. The Kier molecular flexibility index (Phi) is 3.56. The van der Waals surface area contributed by atoms with Crippen LogP contribution in [-0.2, 0) is 0 Å². The fraction of sp³-hybridized carbons (Fsp3) is 0.429. The molecule has 1 fully saturated rings. The Hall–Kier alpha value is -2.08.